The topological polar surface area (TPSA) is 46.5 Å². The fourth-order valence-corrected chi connectivity index (χ4v) is 1.15. The van der Waals surface area contributed by atoms with Gasteiger partial charge in [-0.3, -0.25) is 4.79 Å². The number of aliphatic hydroxyl groups is 1. The zero-order valence-corrected chi connectivity index (χ0v) is 8.32. The summed E-state index contributed by atoms with van der Waals surface area (Å²) >= 11 is 0. The summed E-state index contributed by atoms with van der Waals surface area (Å²) in [6.07, 6.45) is 2.05. The Hall–Kier alpha value is -0.830. The summed E-state index contributed by atoms with van der Waals surface area (Å²) in [5.74, 6) is -0.792. The Kier molecular flexibility index (Phi) is 6.24. The lowest BCUT2D eigenvalue weighted by molar-refractivity contribution is -0.151. The van der Waals surface area contributed by atoms with Gasteiger partial charge in [-0.25, -0.2) is 0 Å². The van der Waals surface area contributed by atoms with E-state index in [1.807, 2.05) is 6.92 Å². The third-order valence-electron chi connectivity index (χ3n) is 1.84. The van der Waals surface area contributed by atoms with Gasteiger partial charge in [0.05, 0.1) is 18.6 Å². The highest BCUT2D eigenvalue weighted by Gasteiger charge is 2.24. The standard InChI is InChI=1S/C10H18O3/c1-4-7-8(9(11)5-2)10(12)13-6-3/h5,8-9,11H,2,4,6-7H2,1,3H3/t8-,9-/m1/s1. The van der Waals surface area contributed by atoms with Crippen LogP contribution in [-0.2, 0) is 9.53 Å². The van der Waals surface area contributed by atoms with E-state index in [2.05, 4.69) is 6.58 Å². The molecule has 0 spiro atoms. The first-order valence-corrected chi connectivity index (χ1v) is 4.64. The van der Waals surface area contributed by atoms with Crippen LogP contribution in [0.2, 0.25) is 0 Å². The van der Waals surface area contributed by atoms with Crippen LogP contribution in [0.3, 0.4) is 0 Å². The van der Waals surface area contributed by atoms with E-state index in [9.17, 15) is 9.90 Å². The van der Waals surface area contributed by atoms with Gasteiger partial charge in [-0.05, 0) is 13.3 Å². The quantitative estimate of drug-likeness (QED) is 0.505. The molecule has 0 aliphatic rings. The van der Waals surface area contributed by atoms with Crippen molar-refractivity contribution in [3.63, 3.8) is 0 Å². The number of ether oxygens (including phenoxy) is 1. The Balaban J connectivity index is 4.21. The number of aliphatic hydroxyl groups excluding tert-OH is 1. The number of hydrogen-bond acceptors (Lipinski definition) is 3. The zero-order chi connectivity index (χ0) is 10.3. The van der Waals surface area contributed by atoms with Crippen LogP contribution < -0.4 is 0 Å². The van der Waals surface area contributed by atoms with E-state index in [1.165, 1.54) is 6.08 Å². The highest BCUT2D eigenvalue weighted by Crippen LogP contribution is 2.14. The van der Waals surface area contributed by atoms with Crippen molar-refractivity contribution in [2.75, 3.05) is 6.61 Å². The van der Waals surface area contributed by atoms with Crippen molar-refractivity contribution >= 4 is 5.97 Å². The molecule has 0 fully saturated rings. The normalized spacial score (nSPS) is 14.7. The predicted molar refractivity (Wildman–Crippen MR) is 51.2 cm³/mol. The minimum atomic E-state index is -0.793. The van der Waals surface area contributed by atoms with Gasteiger partial charge in [0.15, 0.2) is 0 Å². The van der Waals surface area contributed by atoms with Gasteiger partial charge in [0, 0.05) is 0 Å². The Labute approximate surface area is 79.4 Å². The minimum Gasteiger partial charge on any atom is -0.466 e. The van der Waals surface area contributed by atoms with Gasteiger partial charge in [-0.2, -0.15) is 0 Å². The van der Waals surface area contributed by atoms with E-state index in [4.69, 9.17) is 4.74 Å². The summed E-state index contributed by atoms with van der Waals surface area (Å²) in [5, 5.41) is 9.43. The molecule has 0 saturated carbocycles. The summed E-state index contributed by atoms with van der Waals surface area (Å²) < 4.78 is 4.83. The van der Waals surface area contributed by atoms with Crippen molar-refractivity contribution in [1.82, 2.24) is 0 Å². The third kappa shape index (κ3) is 4.08. The van der Waals surface area contributed by atoms with E-state index < -0.39 is 12.0 Å². The SMILES string of the molecule is C=C[C@@H](O)[C@@H](CCC)C(=O)OCC. The lowest BCUT2D eigenvalue weighted by atomic mass is 9.97. The molecule has 0 bridgehead atoms. The Morgan fingerprint density at radius 3 is 2.62 bits per heavy atom. The molecule has 3 heteroatoms. The molecule has 0 aliphatic heterocycles. The van der Waals surface area contributed by atoms with Crippen molar-refractivity contribution in [2.24, 2.45) is 5.92 Å². The first kappa shape index (κ1) is 12.2. The first-order valence-electron chi connectivity index (χ1n) is 4.64. The predicted octanol–water partition coefficient (Wildman–Crippen LogP) is 1.51. The molecule has 0 radical (unpaired) electrons. The second-order valence-corrected chi connectivity index (χ2v) is 2.87. The van der Waals surface area contributed by atoms with Crippen molar-refractivity contribution in [1.29, 1.82) is 0 Å². The van der Waals surface area contributed by atoms with E-state index in [0.717, 1.165) is 6.42 Å². The molecule has 13 heavy (non-hydrogen) atoms. The molecule has 3 nitrogen and oxygen atoms in total. The molecule has 0 heterocycles. The van der Waals surface area contributed by atoms with Crippen LogP contribution in [-0.4, -0.2) is 23.8 Å². The third-order valence-corrected chi connectivity index (χ3v) is 1.84. The van der Waals surface area contributed by atoms with Crippen molar-refractivity contribution in [3.05, 3.63) is 12.7 Å². The zero-order valence-electron chi connectivity index (χ0n) is 8.32. The number of hydrogen-bond donors (Lipinski definition) is 1. The molecular formula is C10H18O3. The molecule has 2 atom stereocenters. The monoisotopic (exact) mass is 186 g/mol. The maximum atomic E-state index is 11.3. The van der Waals surface area contributed by atoms with E-state index >= 15 is 0 Å². The Bertz CT molecular complexity index is 166. The maximum Gasteiger partial charge on any atom is 0.311 e. The van der Waals surface area contributed by atoms with Crippen LogP contribution in [0.4, 0.5) is 0 Å². The van der Waals surface area contributed by atoms with Gasteiger partial charge in [0.2, 0.25) is 0 Å². The average molecular weight is 186 g/mol. The smallest absolute Gasteiger partial charge is 0.311 e. The second-order valence-electron chi connectivity index (χ2n) is 2.87. The summed E-state index contributed by atoms with van der Waals surface area (Å²) in [5.41, 5.74) is 0. The Morgan fingerprint density at radius 1 is 1.62 bits per heavy atom. The van der Waals surface area contributed by atoms with Gasteiger partial charge >= 0.3 is 5.97 Å². The van der Waals surface area contributed by atoms with Crippen molar-refractivity contribution < 1.29 is 14.6 Å². The molecule has 0 aliphatic carbocycles. The minimum absolute atomic E-state index is 0.336. The summed E-state index contributed by atoms with van der Waals surface area (Å²) in [4.78, 5) is 11.3. The van der Waals surface area contributed by atoms with Gasteiger partial charge in [0.1, 0.15) is 0 Å². The van der Waals surface area contributed by atoms with Crippen molar-refractivity contribution in [3.8, 4) is 0 Å². The molecule has 0 aromatic rings. The van der Waals surface area contributed by atoms with E-state index in [0.29, 0.717) is 13.0 Å². The van der Waals surface area contributed by atoms with Crippen LogP contribution in [0.25, 0.3) is 0 Å². The van der Waals surface area contributed by atoms with Crippen LogP contribution >= 0.6 is 0 Å². The van der Waals surface area contributed by atoms with Gasteiger partial charge in [-0.15, -0.1) is 6.58 Å². The van der Waals surface area contributed by atoms with Crippen LogP contribution in [0, 0.1) is 5.92 Å². The van der Waals surface area contributed by atoms with Gasteiger partial charge in [-0.1, -0.05) is 19.4 Å². The molecule has 76 valence electrons. The number of esters is 1. The average Bonchev–Trinajstić information content (AvgIpc) is 2.13. The molecule has 0 unspecified atom stereocenters. The first-order chi connectivity index (χ1) is 6.17. The van der Waals surface area contributed by atoms with E-state index in [1.54, 1.807) is 6.92 Å². The fraction of sp³-hybridized carbons (Fsp3) is 0.700. The van der Waals surface area contributed by atoms with Gasteiger partial charge in [0.25, 0.3) is 0 Å². The molecule has 0 aromatic heterocycles. The van der Waals surface area contributed by atoms with Crippen molar-refractivity contribution in [2.45, 2.75) is 32.8 Å². The van der Waals surface area contributed by atoms with Crippen LogP contribution in [0.15, 0.2) is 12.7 Å². The highest BCUT2D eigenvalue weighted by molar-refractivity contribution is 5.73. The summed E-state index contributed by atoms with van der Waals surface area (Å²) in [6.45, 7) is 7.51. The Morgan fingerprint density at radius 2 is 2.23 bits per heavy atom. The highest BCUT2D eigenvalue weighted by atomic mass is 16.5. The van der Waals surface area contributed by atoms with Crippen LogP contribution in [0.5, 0.6) is 0 Å². The largest absolute Gasteiger partial charge is 0.466 e. The number of carbonyl (C=O) groups excluding carboxylic acids is 1. The second kappa shape index (κ2) is 6.66. The molecule has 1 N–H and O–H groups in total. The molecular weight excluding hydrogens is 168 g/mol. The van der Waals surface area contributed by atoms with E-state index in [-0.39, 0.29) is 5.97 Å². The maximum absolute atomic E-state index is 11.3. The lowest BCUT2D eigenvalue weighted by Crippen LogP contribution is -2.28. The number of rotatable bonds is 6. The number of carbonyl (C=O) groups is 1. The summed E-state index contributed by atoms with van der Waals surface area (Å²) in [7, 11) is 0. The lowest BCUT2D eigenvalue weighted by Gasteiger charge is -2.17. The van der Waals surface area contributed by atoms with Gasteiger partial charge < -0.3 is 9.84 Å². The van der Waals surface area contributed by atoms with Crippen LogP contribution in [0.1, 0.15) is 26.7 Å². The molecule has 0 saturated heterocycles. The molecule has 0 aromatic carbocycles. The molecule has 0 amide bonds. The fourth-order valence-electron chi connectivity index (χ4n) is 1.15. The summed E-state index contributed by atoms with van der Waals surface area (Å²) in [6, 6.07) is 0. The molecule has 0 rings (SSSR count).